The van der Waals surface area contributed by atoms with Gasteiger partial charge in [0.15, 0.2) is 22.4 Å². The lowest BCUT2D eigenvalue weighted by molar-refractivity contribution is -0.157. The number of hydrogen-bond donors (Lipinski definition) is 0. The molecule has 6 nitrogen and oxygen atoms in total. The summed E-state index contributed by atoms with van der Waals surface area (Å²) in [5.74, 6) is -1.08. The van der Waals surface area contributed by atoms with Gasteiger partial charge in [-0.05, 0) is 63.1 Å². The van der Waals surface area contributed by atoms with E-state index in [1.807, 2.05) is 32.1 Å². The highest BCUT2D eigenvalue weighted by Gasteiger charge is 2.51. The minimum absolute atomic E-state index is 0.0207. The Morgan fingerprint density at radius 3 is 2.00 bits per heavy atom. The first-order chi connectivity index (χ1) is 15.7. The second-order valence-electron chi connectivity index (χ2n) is 13.5. The van der Waals surface area contributed by atoms with Crippen molar-refractivity contribution in [3.63, 3.8) is 0 Å². The average Bonchev–Trinajstić information content (AvgIpc) is 2.98. The Morgan fingerprint density at radius 2 is 1.49 bits per heavy atom. The Balaban J connectivity index is 2.39. The van der Waals surface area contributed by atoms with E-state index in [-0.39, 0.29) is 46.6 Å². The molecule has 0 bridgehead atoms. The third kappa shape index (κ3) is 7.85. The minimum Gasteiger partial charge on any atom is -0.455 e. The SMILES string of the molecule is C[C@H](O[Si](C)(C)C(C)(C)C)[C@@H]1OC(C)(C)O[C@H]1[C@H](/C=C\[C@H]1CC=CC(=O)O1)O[Si](C)(C)C(C)(C)C. The van der Waals surface area contributed by atoms with Gasteiger partial charge in [-0.25, -0.2) is 4.79 Å². The van der Waals surface area contributed by atoms with Crippen LogP contribution in [0.4, 0.5) is 0 Å². The molecule has 0 aromatic carbocycles. The summed E-state index contributed by atoms with van der Waals surface area (Å²) in [6.07, 6.45) is 6.42. The fraction of sp³-hybridized carbons (Fsp3) is 0.815. The molecule has 2 heterocycles. The van der Waals surface area contributed by atoms with Gasteiger partial charge in [0.1, 0.15) is 18.3 Å². The van der Waals surface area contributed by atoms with Gasteiger partial charge in [0.25, 0.3) is 0 Å². The third-order valence-electron chi connectivity index (χ3n) is 7.88. The van der Waals surface area contributed by atoms with Gasteiger partial charge < -0.3 is 23.1 Å². The number of carbonyl (C=O) groups excluding carboxylic acids is 1. The monoisotopic (exact) mass is 526 g/mol. The summed E-state index contributed by atoms with van der Waals surface area (Å²) in [6.45, 7) is 28.4. The van der Waals surface area contributed by atoms with E-state index in [2.05, 4.69) is 74.7 Å². The molecule has 1 fully saturated rings. The summed E-state index contributed by atoms with van der Waals surface area (Å²) in [5, 5.41) is 0.105. The molecule has 2 rings (SSSR count). The lowest BCUT2D eigenvalue weighted by atomic mass is 10.0. The van der Waals surface area contributed by atoms with Crippen molar-refractivity contribution in [3.05, 3.63) is 24.3 Å². The number of esters is 1. The van der Waals surface area contributed by atoms with Gasteiger partial charge >= 0.3 is 5.97 Å². The van der Waals surface area contributed by atoms with Crippen LogP contribution in [0.25, 0.3) is 0 Å². The van der Waals surface area contributed by atoms with E-state index in [1.54, 1.807) is 0 Å². The van der Waals surface area contributed by atoms with Gasteiger partial charge in [0.2, 0.25) is 0 Å². The Hall–Kier alpha value is -0.776. The van der Waals surface area contributed by atoms with Gasteiger partial charge in [-0.2, -0.15) is 0 Å². The van der Waals surface area contributed by atoms with Crippen molar-refractivity contribution in [1.82, 2.24) is 0 Å². The first-order valence-corrected chi connectivity index (χ1v) is 18.7. The fourth-order valence-electron chi connectivity index (χ4n) is 3.76. The van der Waals surface area contributed by atoms with Crippen LogP contribution < -0.4 is 0 Å². The number of ether oxygens (including phenoxy) is 3. The van der Waals surface area contributed by atoms with Crippen LogP contribution in [0, 0.1) is 0 Å². The Morgan fingerprint density at radius 1 is 0.971 bits per heavy atom. The lowest BCUT2D eigenvalue weighted by Crippen LogP contribution is -2.52. The molecular formula is C27H50O6Si2. The van der Waals surface area contributed by atoms with E-state index in [0.29, 0.717) is 6.42 Å². The summed E-state index contributed by atoms with van der Waals surface area (Å²) < 4.78 is 32.1. The van der Waals surface area contributed by atoms with E-state index < -0.39 is 22.4 Å². The standard InChI is InChI=1S/C27H50O6Si2/c1-19(32-34(10,11)25(2,3)4)23-24(31-27(8,9)30-23)21(33-35(12,13)26(5,6)7)18-17-20-15-14-16-22(28)29-20/h14,16-21,23-24H,15H2,1-13H3/b18-17-/t19-,20+,21-,23-,24-/m0/s1. The number of rotatable bonds is 8. The Labute approximate surface area is 216 Å². The maximum atomic E-state index is 11.8. The lowest BCUT2D eigenvalue weighted by Gasteiger charge is -2.42. The summed E-state index contributed by atoms with van der Waals surface area (Å²) in [5.41, 5.74) is 0. The molecule has 0 aliphatic carbocycles. The van der Waals surface area contributed by atoms with Crippen LogP contribution in [0.5, 0.6) is 0 Å². The Kier molecular flexibility index (Phi) is 9.17. The predicted molar refractivity (Wildman–Crippen MR) is 146 cm³/mol. The summed E-state index contributed by atoms with van der Waals surface area (Å²) in [7, 11) is -4.19. The first-order valence-electron chi connectivity index (χ1n) is 12.9. The van der Waals surface area contributed by atoms with Crippen LogP contribution in [0.1, 0.15) is 68.7 Å². The minimum atomic E-state index is -2.16. The highest BCUT2D eigenvalue weighted by Crippen LogP contribution is 2.43. The van der Waals surface area contributed by atoms with Gasteiger partial charge in [-0.3, -0.25) is 0 Å². The topological polar surface area (TPSA) is 63.2 Å². The molecule has 0 spiro atoms. The second-order valence-corrected chi connectivity index (χ2v) is 23.0. The fourth-order valence-corrected chi connectivity index (χ4v) is 6.43. The van der Waals surface area contributed by atoms with Crippen LogP contribution in [0.15, 0.2) is 24.3 Å². The zero-order chi connectivity index (χ0) is 27.0. The molecular weight excluding hydrogens is 476 g/mol. The molecule has 0 unspecified atom stereocenters. The van der Waals surface area contributed by atoms with Crippen LogP contribution in [-0.2, 0) is 27.9 Å². The van der Waals surface area contributed by atoms with Crippen molar-refractivity contribution in [2.24, 2.45) is 0 Å². The number of cyclic esters (lactones) is 1. The van der Waals surface area contributed by atoms with E-state index in [9.17, 15) is 4.79 Å². The highest BCUT2D eigenvalue weighted by molar-refractivity contribution is 6.74. The van der Waals surface area contributed by atoms with Crippen molar-refractivity contribution in [2.45, 2.75) is 141 Å². The third-order valence-corrected chi connectivity index (χ3v) is 16.9. The smallest absolute Gasteiger partial charge is 0.331 e. The number of hydrogen-bond acceptors (Lipinski definition) is 6. The van der Waals surface area contributed by atoms with Crippen LogP contribution in [0.2, 0.25) is 36.3 Å². The van der Waals surface area contributed by atoms with Gasteiger partial charge in [0, 0.05) is 12.5 Å². The molecule has 0 N–H and O–H groups in total. The molecule has 0 amide bonds. The summed E-state index contributed by atoms with van der Waals surface area (Å²) >= 11 is 0. The quantitative estimate of drug-likeness (QED) is 0.198. The normalized spacial score (nSPS) is 27.8. The zero-order valence-electron chi connectivity index (χ0n) is 24.4. The molecule has 0 radical (unpaired) electrons. The van der Waals surface area contributed by atoms with Crippen molar-refractivity contribution >= 4 is 22.6 Å². The van der Waals surface area contributed by atoms with Crippen molar-refractivity contribution in [1.29, 1.82) is 0 Å². The van der Waals surface area contributed by atoms with Crippen molar-refractivity contribution in [2.75, 3.05) is 0 Å². The van der Waals surface area contributed by atoms with Gasteiger partial charge in [-0.15, -0.1) is 0 Å². The van der Waals surface area contributed by atoms with Crippen molar-refractivity contribution in [3.8, 4) is 0 Å². The molecule has 5 atom stereocenters. The van der Waals surface area contributed by atoms with Crippen LogP contribution in [0.3, 0.4) is 0 Å². The first kappa shape index (κ1) is 30.4. The Bertz CT molecular complexity index is 803. The molecule has 2 aliphatic rings. The molecule has 202 valence electrons. The van der Waals surface area contributed by atoms with Gasteiger partial charge in [0.05, 0.1) is 12.2 Å². The van der Waals surface area contributed by atoms with Crippen LogP contribution >= 0.6 is 0 Å². The average molecular weight is 527 g/mol. The molecule has 35 heavy (non-hydrogen) atoms. The number of carbonyl (C=O) groups is 1. The van der Waals surface area contributed by atoms with E-state index in [1.165, 1.54) is 6.08 Å². The summed E-state index contributed by atoms with van der Waals surface area (Å²) in [6, 6.07) is 0. The van der Waals surface area contributed by atoms with Crippen LogP contribution in [-0.4, -0.2) is 58.9 Å². The van der Waals surface area contributed by atoms with Gasteiger partial charge in [-0.1, -0.05) is 53.7 Å². The zero-order valence-corrected chi connectivity index (χ0v) is 26.4. The largest absolute Gasteiger partial charge is 0.455 e. The highest BCUT2D eigenvalue weighted by atomic mass is 28.4. The van der Waals surface area contributed by atoms with E-state index in [4.69, 9.17) is 23.1 Å². The molecule has 0 aromatic heterocycles. The van der Waals surface area contributed by atoms with Crippen molar-refractivity contribution < 1.29 is 27.9 Å². The molecule has 1 saturated heterocycles. The maximum Gasteiger partial charge on any atom is 0.331 e. The predicted octanol–water partition coefficient (Wildman–Crippen LogP) is 6.74. The molecule has 8 heteroatoms. The maximum absolute atomic E-state index is 11.8. The molecule has 0 aromatic rings. The second kappa shape index (κ2) is 10.5. The van der Waals surface area contributed by atoms with E-state index >= 15 is 0 Å². The molecule has 0 saturated carbocycles. The molecule has 2 aliphatic heterocycles. The summed E-state index contributed by atoms with van der Waals surface area (Å²) in [4.78, 5) is 11.8. The van der Waals surface area contributed by atoms with E-state index in [0.717, 1.165) is 0 Å².